The van der Waals surface area contributed by atoms with E-state index in [1.807, 2.05) is 55.5 Å². The second-order valence-electron chi connectivity index (χ2n) is 7.93. The number of aryl methyl sites for hydroxylation is 1. The molecule has 3 aromatic rings. The van der Waals surface area contributed by atoms with Crippen molar-refractivity contribution in [2.75, 3.05) is 13.7 Å². The van der Waals surface area contributed by atoms with Gasteiger partial charge in [-0.05, 0) is 55.2 Å². The molecule has 0 radical (unpaired) electrons. The predicted molar refractivity (Wildman–Crippen MR) is 129 cm³/mol. The highest BCUT2D eigenvalue weighted by molar-refractivity contribution is 7.89. The quantitative estimate of drug-likeness (QED) is 0.463. The van der Waals surface area contributed by atoms with E-state index in [9.17, 15) is 13.2 Å². The summed E-state index contributed by atoms with van der Waals surface area (Å²) in [6.07, 6.45) is 1.60. The van der Waals surface area contributed by atoms with Gasteiger partial charge in [0, 0.05) is 12.6 Å². The molecule has 0 saturated heterocycles. The van der Waals surface area contributed by atoms with Gasteiger partial charge in [-0.15, -0.1) is 0 Å². The molecule has 0 aromatic heterocycles. The fourth-order valence-electron chi connectivity index (χ4n) is 3.49. The van der Waals surface area contributed by atoms with Crippen molar-refractivity contribution in [2.24, 2.45) is 0 Å². The third-order valence-corrected chi connectivity index (χ3v) is 7.14. The molecule has 0 aliphatic heterocycles. The molecule has 174 valence electrons. The maximum Gasteiger partial charge on any atom is 0.243 e. The average molecular weight is 467 g/mol. The van der Waals surface area contributed by atoms with E-state index in [1.165, 1.54) is 29.1 Å². The van der Waals surface area contributed by atoms with E-state index in [-0.39, 0.29) is 29.9 Å². The van der Waals surface area contributed by atoms with Crippen LogP contribution in [0.3, 0.4) is 0 Å². The number of hydrogen-bond acceptors (Lipinski definition) is 4. The lowest BCUT2D eigenvalue weighted by atomic mass is 10.1. The molecule has 6 nitrogen and oxygen atoms in total. The van der Waals surface area contributed by atoms with Crippen LogP contribution in [0.25, 0.3) is 0 Å². The lowest BCUT2D eigenvalue weighted by Crippen LogP contribution is -2.43. The first-order chi connectivity index (χ1) is 15.9. The SMILES string of the molecule is COc1ccc(S(=O)(=O)N(CC(=O)N[C@H](C)CCc2ccccc2)Cc2ccccc2)cc1. The van der Waals surface area contributed by atoms with E-state index in [0.717, 1.165) is 18.4 Å². The molecule has 0 bridgehead atoms. The second-order valence-corrected chi connectivity index (χ2v) is 9.86. The Bertz CT molecular complexity index is 1120. The number of carbonyl (C=O) groups is 1. The number of nitrogens with one attached hydrogen (secondary N) is 1. The topological polar surface area (TPSA) is 75.7 Å². The molecule has 1 atom stereocenters. The highest BCUT2D eigenvalue weighted by Gasteiger charge is 2.27. The van der Waals surface area contributed by atoms with Crippen LogP contribution in [-0.4, -0.2) is 38.3 Å². The number of sulfonamides is 1. The molecule has 1 amide bonds. The number of carbonyl (C=O) groups excluding carboxylic acids is 1. The fraction of sp³-hybridized carbons (Fsp3) is 0.269. The van der Waals surface area contributed by atoms with E-state index >= 15 is 0 Å². The Morgan fingerprint density at radius 1 is 0.909 bits per heavy atom. The van der Waals surface area contributed by atoms with Crippen LogP contribution in [-0.2, 0) is 27.8 Å². The van der Waals surface area contributed by atoms with E-state index in [1.54, 1.807) is 12.1 Å². The van der Waals surface area contributed by atoms with Crippen LogP contribution in [0.5, 0.6) is 5.75 Å². The van der Waals surface area contributed by atoms with Gasteiger partial charge in [0.05, 0.1) is 18.6 Å². The van der Waals surface area contributed by atoms with Crippen LogP contribution in [0.1, 0.15) is 24.5 Å². The summed E-state index contributed by atoms with van der Waals surface area (Å²) < 4.78 is 33.1. The first-order valence-electron chi connectivity index (χ1n) is 10.9. The monoisotopic (exact) mass is 466 g/mol. The number of amides is 1. The zero-order valence-corrected chi connectivity index (χ0v) is 19.8. The molecule has 0 aliphatic rings. The molecule has 0 fully saturated rings. The molecule has 1 N–H and O–H groups in total. The van der Waals surface area contributed by atoms with Crippen molar-refractivity contribution in [3.05, 3.63) is 96.1 Å². The van der Waals surface area contributed by atoms with E-state index in [0.29, 0.717) is 5.75 Å². The molecular formula is C26H30N2O4S. The molecule has 33 heavy (non-hydrogen) atoms. The molecule has 0 spiro atoms. The van der Waals surface area contributed by atoms with Gasteiger partial charge in [0.15, 0.2) is 0 Å². The van der Waals surface area contributed by atoms with Crippen molar-refractivity contribution in [1.29, 1.82) is 0 Å². The minimum Gasteiger partial charge on any atom is -0.497 e. The van der Waals surface area contributed by atoms with Crippen LogP contribution in [0.15, 0.2) is 89.8 Å². The van der Waals surface area contributed by atoms with Gasteiger partial charge < -0.3 is 10.1 Å². The van der Waals surface area contributed by atoms with Gasteiger partial charge in [0.1, 0.15) is 5.75 Å². The summed E-state index contributed by atoms with van der Waals surface area (Å²) in [4.78, 5) is 12.9. The summed E-state index contributed by atoms with van der Waals surface area (Å²) in [6, 6.07) is 25.4. The molecular weight excluding hydrogens is 436 g/mol. The summed E-state index contributed by atoms with van der Waals surface area (Å²) >= 11 is 0. The zero-order valence-electron chi connectivity index (χ0n) is 19.0. The smallest absolute Gasteiger partial charge is 0.243 e. The van der Waals surface area contributed by atoms with Gasteiger partial charge in [-0.2, -0.15) is 4.31 Å². The zero-order chi connectivity index (χ0) is 23.7. The summed E-state index contributed by atoms with van der Waals surface area (Å²) in [5.74, 6) is 0.233. The van der Waals surface area contributed by atoms with Crippen LogP contribution in [0.4, 0.5) is 0 Å². The first-order valence-corrected chi connectivity index (χ1v) is 12.3. The Hall–Kier alpha value is -3.16. The summed E-state index contributed by atoms with van der Waals surface area (Å²) in [6.45, 7) is 1.76. The second kappa shape index (κ2) is 11.6. The van der Waals surface area contributed by atoms with Crippen LogP contribution >= 0.6 is 0 Å². The predicted octanol–water partition coefficient (Wildman–Crippen LogP) is 4.02. The summed E-state index contributed by atoms with van der Waals surface area (Å²) in [5.41, 5.74) is 2.01. The largest absolute Gasteiger partial charge is 0.497 e. The maximum absolute atomic E-state index is 13.4. The van der Waals surface area contributed by atoms with Gasteiger partial charge in [-0.1, -0.05) is 60.7 Å². The number of nitrogens with zero attached hydrogens (tertiary/aromatic N) is 1. The Morgan fingerprint density at radius 2 is 1.48 bits per heavy atom. The van der Waals surface area contributed by atoms with Gasteiger partial charge >= 0.3 is 0 Å². The van der Waals surface area contributed by atoms with Crippen LogP contribution in [0, 0.1) is 0 Å². The van der Waals surface area contributed by atoms with Crippen molar-refractivity contribution in [2.45, 2.75) is 37.2 Å². The number of ether oxygens (including phenoxy) is 1. The van der Waals surface area contributed by atoms with Crippen molar-refractivity contribution >= 4 is 15.9 Å². The molecule has 3 aromatic carbocycles. The Labute approximate surface area is 196 Å². The molecule has 0 unspecified atom stereocenters. The Balaban J connectivity index is 1.71. The third-order valence-electron chi connectivity index (χ3n) is 5.34. The highest BCUT2D eigenvalue weighted by Crippen LogP contribution is 2.21. The van der Waals surface area contributed by atoms with E-state index in [2.05, 4.69) is 17.4 Å². The molecule has 7 heteroatoms. The third kappa shape index (κ3) is 7.17. The lowest BCUT2D eigenvalue weighted by Gasteiger charge is -2.23. The first kappa shape index (κ1) is 24.5. The van der Waals surface area contributed by atoms with Crippen molar-refractivity contribution < 1.29 is 17.9 Å². The van der Waals surface area contributed by atoms with E-state index in [4.69, 9.17) is 4.74 Å². The summed E-state index contributed by atoms with van der Waals surface area (Å²) in [7, 11) is -2.37. The normalized spacial score (nSPS) is 12.3. The molecule has 0 aliphatic carbocycles. The van der Waals surface area contributed by atoms with Gasteiger partial charge in [0.25, 0.3) is 0 Å². The minimum absolute atomic E-state index is 0.0834. The number of hydrogen-bond donors (Lipinski definition) is 1. The number of rotatable bonds is 11. The fourth-order valence-corrected chi connectivity index (χ4v) is 4.87. The maximum atomic E-state index is 13.4. The van der Waals surface area contributed by atoms with E-state index < -0.39 is 10.0 Å². The summed E-state index contributed by atoms with van der Waals surface area (Å²) in [5, 5.41) is 2.94. The number of benzene rings is 3. The average Bonchev–Trinajstić information content (AvgIpc) is 2.83. The highest BCUT2D eigenvalue weighted by atomic mass is 32.2. The molecule has 0 heterocycles. The lowest BCUT2D eigenvalue weighted by molar-refractivity contribution is -0.122. The molecule has 0 saturated carbocycles. The molecule has 3 rings (SSSR count). The van der Waals surface area contributed by atoms with Gasteiger partial charge in [-0.25, -0.2) is 8.42 Å². The van der Waals surface area contributed by atoms with Gasteiger partial charge in [0.2, 0.25) is 15.9 Å². The van der Waals surface area contributed by atoms with Crippen molar-refractivity contribution in [3.8, 4) is 5.75 Å². The Morgan fingerprint density at radius 3 is 2.06 bits per heavy atom. The number of methoxy groups -OCH3 is 1. The van der Waals surface area contributed by atoms with Crippen LogP contribution < -0.4 is 10.1 Å². The van der Waals surface area contributed by atoms with Crippen molar-refractivity contribution in [3.63, 3.8) is 0 Å². The minimum atomic E-state index is -3.89. The standard InChI is InChI=1S/C26H30N2O4S/c1-21(13-14-22-9-5-3-6-10-22)27-26(29)20-28(19-23-11-7-4-8-12-23)33(30,31)25-17-15-24(32-2)16-18-25/h3-12,15-18,21H,13-14,19-20H2,1-2H3,(H,27,29)/t21-/m1/s1. The Kier molecular flexibility index (Phi) is 8.63. The van der Waals surface area contributed by atoms with Crippen LogP contribution in [0.2, 0.25) is 0 Å². The van der Waals surface area contributed by atoms with Crippen molar-refractivity contribution in [1.82, 2.24) is 9.62 Å². The van der Waals surface area contributed by atoms with Gasteiger partial charge in [-0.3, -0.25) is 4.79 Å².